The summed E-state index contributed by atoms with van der Waals surface area (Å²) in [6.45, 7) is 2.06. The third-order valence-corrected chi connectivity index (χ3v) is 3.57. The van der Waals surface area contributed by atoms with E-state index in [0.717, 1.165) is 16.9 Å². The zero-order chi connectivity index (χ0) is 12.3. The number of aliphatic hydroxyl groups is 1. The number of thiophene rings is 1. The molecule has 0 amide bonds. The largest absolute Gasteiger partial charge is 0.480 e. The lowest BCUT2D eigenvalue weighted by atomic mass is 10.1. The van der Waals surface area contributed by atoms with Crippen LogP contribution >= 0.6 is 11.3 Å². The maximum absolute atomic E-state index is 10.3. The van der Waals surface area contributed by atoms with E-state index in [1.165, 1.54) is 18.4 Å². The fourth-order valence-corrected chi connectivity index (χ4v) is 2.67. The highest BCUT2D eigenvalue weighted by molar-refractivity contribution is 7.10. The summed E-state index contributed by atoms with van der Waals surface area (Å²) >= 11 is 1.52. The molecular formula is C12H14N2O2S. The standard InChI is InChI=1S/C12H14N2O2S/c1-3-8-4-7-17-11(8)10(15)9-12(16-2)14-6-5-13-9/h4-7,10,15H,3H2,1-2H3. The molecule has 2 heterocycles. The van der Waals surface area contributed by atoms with Crippen molar-refractivity contribution in [2.24, 2.45) is 0 Å². The van der Waals surface area contributed by atoms with E-state index >= 15 is 0 Å². The van der Waals surface area contributed by atoms with Crippen LogP contribution in [0.25, 0.3) is 0 Å². The molecule has 4 nitrogen and oxygen atoms in total. The van der Waals surface area contributed by atoms with Gasteiger partial charge < -0.3 is 9.84 Å². The average Bonchev–Trinajstić information content (AvgIpc) is 2.86. The molecule has 0 fully saturated rings. The summed E-state index contributed by atoms with van der Waals surface area (Å²) in [6.07, 6.45) is 3.22. The number of nitrogens with zero attached hydrogens (tertiary/aromatic N) is 2. The van der Waals surface area contributed by atoms with E-state index in [4.69, 9.17) is 4.74 Å². The van der Waals surface area contributed by atoms with Crippen molar-refractivity contribution < 1.29 is 9.84 Å². The number of aromatic nitrogens is 2. The lowest BCUT2D eigenvalue weighted by Crippen LogP contribution is -2.06. The van der Waals surface area contributed by atoms with E-state index in [1.807, 2.05) is 11.4 Å². The number of rotatable bonds is 4. The lowest BCUT2D eigenvalue weighted by molar-refractivity contribution is 0.210. The predicted molar refractivity (Wildman–Crippen MR) is 66.3 cm³/mol. The van der Waals surface area contributed by atoms with Crippen LogP contribution in [-0.4, -0.2) is 22.2 Å². The third-order valence-electron chi connectivity index (χ3n) is 2.55. The minimum atomic E-state index is -0.770. The number of aryl methyl sites for hydroxylation is 1. The van der Waals surface area contributed by atoms with Gasteiger partial charge in [-0.25, -0.2) is 4.98 Å². The van der Waals surface area contributed by atoms with Gasteiger partial charge in [-0.2, -0.15) is 0 Å². The van der Waals surface area contributed by atoms with Gasteiger partial charge in [-0.05, 0) is 23.4 Å². The summed E-state index contributed by atoms with van der Waals surface area (Å²) < 4.78 is 5.11. The summed E-state index contributed by atoms with van der Waals surface area (Å²) in [6, 6.07) is 2.02. The molecule has 2 aromatic heterocycles. The molecule has 1 N–H and O–H groups in total. The van der Waals surface area contributed by atoms with Gasteiger partial charge in [0.15, 0.2) is 0 Å². The normalized spacial score (nSPS) is 12.4. The summed E-state index contributed by atoms with van der Waals surface area (Å²) in [7, 11) is 1.52. The number of hydrogen-bond acceptors (Lipinski definition) is 5. The van der Waals surface area contributed by atoms with E-state index in [1.54, 1.807) is 12.4 Å². The molecule has 0 saturated heterocycles. The molecule has 17 heavy (non-hydrogen) atoms. The van der Waals surface area contributed by atoms with Crippen molar-refractivity contribution in [2.45, 2.75) is 19.4 Å². The summed E-state index contributed by atoms with van der Waals surface area (Å²) in [5, 5.41) is 12.3. The SMILES string of the molecule is CCc1ccsc1C(O)c1nccnc1OC. The molecule has 0 bridgehead atoms. The summed E-state index contributed by atoms with van der Waals surface area (Å²) in [5.74, 6) is 0.371. The Morgan fingerprint density at radius 2 is 2.18 bits per heavy atom. The quantitative estimate of drug-likeness (QED) is 0.903. The molecule has 1 unspecified atom stereocenters. The predicted octanol–water partition coefficient (Wildman–Crippen LogP) is 2.19. The van der Waals surface area contributed by atoms with Gasteiger partial charge in [0, 0.05) is 17.3 Å². The van der Waals surface area contributed by atoms with Gasteiger partial charge in [-0.3, -0.25) is 4.98 Å². The van der Waals surface area contributed by atoms with Crippen molar-refractivity contribution in [3.8, 4) is 5.88 Å². The Hall–Kier alpha value is -1.46. The smallest absolute Gasteiger partial charge is 0.238 e. The Balaban J connectivity index is 2.40. The number of hydrogen-bond donors (Lipinski definition) is 1. The van der Waals surface area contributed by atoms with Crippen molar-refractivity contribution in [2.75, 3.05) is 7.11 Å². The summed E-state index contributed by atoms with van der Waals surface area (Å²) in [5.41, 5.74) is 1.60. The van der Waals surface area contributed by atoms with Gasteiger partial charge in [-0.1, -0.05) is 6.92 Å². The van der Waals surface area contributed by atoms with Crippen molar-refractivity contribution in [1.29, 1.82) is 0 Å². The number of methoxy groups -OCH3 is 1. The van der Waals surface area contributed by atoms with E-state index < -0.39 is 6.10 Å². The Kier molecular flexibility index (Phi) is 3.71. The van der Waals surface area contributed by atoms with Crippen molar-refractivity contribution >= 4 is 11.3 Å². The molecule has 5 heteroatoms. The van der Waals surface area contributed by atoms with Crippen LogP contribution < -0.4 is 4.74 Å². The Bertz CT molecular complexity index is 499. The Morgan fingerprint density at radius 3 is 2.88 bits per heavy atom. The second-order valence-corrected chi connectivity index (χ2v) is 4.46. The second kappa shape index (κ2) is 5.25. The molecule has 90 valence electrons. The first-order chi connectivity index (χ1) is 8.27. The molecule has 0 saturated carbocycles. The zero-order valence-electron chi connectivity index (χ0n) is 9.75. The van der Waals surface area contributed by atoms with Gasteiger partial charge in [0.25, 0.3) is 0 Å². The molecule has 2 rings (SSSR count). The van der Waals surface area contributed by atoms with Gasteiger partial charge in [0.1, 0.15) is 11.8 Å². The fraction of sp³-hybridized carbons (Fsp3) is 0.333. The topological polar surface area (TPSA) is 55.2 Å². The molecule has 0 aliphatic heterocycles. The highest BCUT2D eigenvalue weighted by atomic mass is 32.1. The van der Waals surface area contributed by atoms with Gasteiger partial charge in [-0.15, -0.1) is 11.3 Å². The van der Waals surface area contributed by atoms with Crippen LogP contribution in [-0.2, 0) is 6.42 Å². The first kappa shape index (κ1) is 12.0. The molecule has 0 radical (unpaired) electrons. The molecular weight excluding hydrogens is 236 g/mol. The highest BCUT2D eigenvalue weighted by Crippen LogP contribution is 2.32. The molecule has 2 aromatic rings. The van der Waals surface area contributed by atoms with Gasteiger partial charge in [0.2, 0.25) is 5.88 Å². The zero-order valence-corrected chi connectivity index (χ0v) is 10.6. The van der Waals surface area contributed by atoms with Gasteiger partial charge >= 0.3 is 0 Å². The van der Waals surface area contributed by atoms with E-state index in [9.17, 15) is 5.11 Å². The van der Waals surface area contributed by atoms with Crippen LogP contribution in [0.15, 0.2) is 23.8 Å². The van der Waals surface area contributed by atoms with Crippen LogP contribution in [0.4, 0.5) is 0 Å². The minimum absolute atomic E-state index is 0.371. The third kappa shape index (κ3) is 2.30. The second-order valence-electron chi connectivity index (χ2n) is 3.52. The number of ether oxygens (including phenoxy) is 1. The van der Waals surface area contributed by atoms with Crippen LogP contribution in [0.3, 0.4) is 0 Å². The van der Waals surface area contributed by atoms with Crippen LogP contribution in [0.2, 0.25) is 0 Å². The van der Waals surface area contributed by atoms with Crippen LogP contribution in [0, 0.1) is 0 Å². The lowest BCUT2D eigenvalue weighted by Gasteiger charge is -2.12. The number of aliphatic hydroxyl groups excluding tert-OH is 1. The molecule has 0 spiro atoms. The monoisotopic (exact) mass is 250 g/mol. The Labute approximate surface area is 104 Å². The maximum Gasteiger partial charge on any atom is 0.238 e. The molecule has 1 atom stereocenters. The van der Waals surface area contributed by atoms with Crippen molar-refractivity contribution in [3.05, 3.63) is 40.0 Å². The van der Waals surface area contributed by atoms with E-state index in [-0.39, 0.29) is 0 Å². The molecule has 0 aliphatic rings. The first-order valence-corrected chi connectivity index (χ1v) is 6.25. The summed E-state index contributed by atoms with van der Waals surface area (Å²) in [4.78, 5) is 9.10. The Morgan fingerprint density at radius 1 is 1.41 bits per heavy atom. The van der Waals surface area contributed by atoms with Crippen LogP contribution in [0.1, 0.15) is 29.2 Å². The average molecular weight is 250 g/mol. The van der Waals surface area contributed by atoms with Gasteiger partial charge in [0.05, 0.1) is 7.11 Å². The first-order valence-electron chi connectivity index (χ1n) is 5.37. The molecule has 0 aliphatic carbocycles. The minimum Gasteiger partial charge on any atom is -0.480 e. The van der Waals surface area contributed by atoms with Crippen molar-refractivity contribution in [1.82, 2.24) is 9.97 Å². The molecule has 0 aromatic carbocycles. The van der Waals surface area contributed by atoms with E-state index in [0.29, 0.717) is 11.6 Å². The van der Waals surface area contributed by atoms with Crippen LogP contribution in [0.5, 0.6) is 5.88 Å². The van der Waals surface area contributed by atoms with Crippen molar-refractivity contribution in [3.63, 3.8) is 0 Å². The van der Waals surface area contributed by atoms with E-state index in [2.05, 4.69) is 16.9 Å². The fourth-order valence-electron chi connectivity index (χ4n) is 1.68. The highest BCUT2D eigenvalue weighted by Gasteiger charge is 2.21. The maximum atomic E-state index is 10.3.